The van der Waals surface area contributed by atoms with Crippen molar-refractivity contribution in [1.82, 2.24) is 10.2 Å². The van der Waals surface area contributed by atoms with Gasteiger partial charge in [0.05, 0.1) is 23.7 Å². The Hall–Kier alpha value is -2.15. The Morgan fingerprint density at radius 1 is 1.38 bits per heavy atom. The highest BCUT2D eigenvalue weighted by atomic mass is 16.6. The molecule has 1 fully saturated rings. The van der Waals surface area contributed by atoms with Crippen molar-refractivity contribution in [2.24, 2.45) is 0 Å². The summed E-state index contributed by atoms with van der Waals surface area (Å²) in [4.78, 5) is 24.8. The molecule has 1 heterocycles. The Morgan fingerprint density at radius 2 is 2.00 bits per heavy atom. The number of carbonyl (C=O) groups excluding carboxylic acids is 1. The van der Waals surface area contributed by atoms with Crippen LogP contribution in [0.15, 0.2) is 18.2 Å². The minimum Gasteiger partial charge on any atom is -0.496 e. The fourth-order valence-electron chi connectivity index (χ4n) is 2.64. The van der Waals surface area contributed by atoms with Gasteiger partial charge in [0.25, 0.3) is 11.6 Å². The standard InChI is InChI=1S/C14H19N3O4/c1-9-7-15-8-10(2)16(9)14(18)12-5-4-11(17(19)20)6-13(12)21-3/h4-6,9-10,15H,7-8H2,1-3H3. The van der Waals surface area contributed by atoms with E-state index in [0.29, 0.717) is 5.56 Å². The summed E-state index contributed by atoms with van der Waals surface area (Å²) in [6.45, 7) is 5.40. The van der Waals surface area contributed by atoms with Gasteiger partial charge < -0.3 is 15.0 Å². The number of ether oxygens (including phenoxy) is 1. The molecular weight excluding hydrogens is 274 g/mol. The van der Waals surface area contributed by atoms with Crippen molar-refractivity contribution in [3.05, 3.63) is 33.9 Å². The minimum absolute atomic E-state index is 0.0566. The molecule has 0 saturated carbocycles. The molecule has 7 heteroatoms. The van der Waals surface area contributed by atoms with Gasteiger partial charge in [0, 0.05) is 31.2 Å². The van der Waals surface area contributed by atoms with Gasteiger partial charge in [-0.1, -0.05) is 0 Å². The summed E-state index contributed by atoms with van der Waals surface area (Å²) in [6.07, 6.45) is 0. The second-order valence-corrected chi connectivity index (χ2v) is 5.21. The second kappa shape index (κ2) is 6.09. The smallest absolute Gasteiger partial charge is 0.273 e. The largest absolute Gasteiger partial charge is 0.496 e. The highest BCUT2D eigenvalue weighted by molar-refractivity contribution is 5.97. The third-order valence-corrected chi connectivity index (χ3v) is 3.69. The molecule has 1 aliphatic heterocycles. The van der Waals surface area contributed by atoms with E-state index in [0.717, 1.165) is 13.1 Å². The van der Waals surface area contributed by atoms with Gasteiger partial charge in [-0.25, -0.2) is 0 Å². The Labute approximate surface area is 123 Å². The zero-order valence-electron chi connectivity index (χ0n) is 12.3. The van der Waals surface area contributed by atoms with Crippen LogP contribution in [0.1, 0.15) is 24.2 Å². The monoisotopic (exact) mass is 293 g/mol. The summed E-state index contributed by atoms with van der Waals surface area (Å²) in [5.74, 6) is 0.0652. The molecule has 1 aromatic carbocycles. The molecule has 0 spiro atoms. The maximum atomic E-state index is 12.7. The molecule has 0 aromatic heterocycles. The van der Waals surface area contributed by atoms with Gasteiger partial charge in [-0.3, -0.25) is 14.9 Å². The van der Waals surface area contributed by atoms with E-state index in [4.69, 9.17) is 4.74 Å². The number of nitro groups is 1. The average molecular weight is 293 g/mol. The molecule has 7 nitrogen and oxygen atoms in total. The number of benzene rings is 1. The Balaban J connectivity index is 2.36. The fourth-order valence-corrected chi connectivity index (χ4v) is 2.64. The van der Waals surface area contributed by atoms with Crippen molar-refractivity contribution in [2.45, 2.75) is 25.9 Å². The number of rotatable bonds is 3. The zero-order valence-corrected chi connectivity index (χ0v) is 12.3. The maximum absolute atomic E-state index is 12.7. The van der Waals surface area contributed by atoms with Gasteiger partial charge in [0.2, 0.25) is 0 Å². The number of hydrogen-bond donors (Lipinski definition) is 1. The van der Waals surface area contributed by atoms with Crippen LogP contribution in [0.4, 0.5) is 5.69 Å². The molecule has 0 aliphatic carbocycles. The van der Waals surface area contributed by atoms with E-state index in [2.05, 4.69) is 5.32 Å². The van der Waals surface area contributed by atoms with E-state index in [1.807, 2.05) is 13.8 Å². The highest BCUT2D eigenvalue weighted by Gasteiger charge is 2.31. The maximum Gasteiger partial charge on any atom is 0.273 e. The molecule has 21 heavy (non-hydrogen) atoms. The van der Waals surface area contributed by atoms with Gasteiger partial charge >= 0.3 is 0 Å². The summed E-state index contributed by atoms with van der Waals surface area (Å²) in [6, 6.07) is 4.18. The summed E-state index contributed by atoms with van der Waals surface area (Å²) in [5, 5.41) is 14.1. The minimum atomic E-state index is -0.507. The molecule has 114 valence electrons. The number of piperazine rings is 1. The van der Waals surface area contributed by atoms with Crippen LogP contribution in [0.25, 0.3) is 0 Å². The van der Waals surface area contributed by atoms with Crippen LogP contribution in [0.5, 0.6) is 5.75 Å². The predicted molar refractivity (Wildman–Crippen MR) is 77.6 cm³/mol. The van der Waals surface area contributed by atoms with Crippen LogP contribution >= 0.6 is 0 Å². The molecule has 1 aromatic rings. The van der Waals surface area contributed by atoms with Crippen LogP contribution < -0.4 is 10.1 Å². The van der Waals surface area contributed by atoms with E-state index < -0.39 is 4.92 Å². The first kappa shape index (κ1) is 15.2. The molecule has 2 rings (SSSR count). The SMILES string of the molecule is COc1cc([N+](=O)[O-])ccc1C(=O)N1C(C)CNCC1C. The third kappa shape index (κ3) is 2.97. The van der Waals surface area contributed by atoms with Gasteiger partial charge in [-0.2, -0.15) is 0 Å². The summed E-state index contributed by atoms with van der Waals surface area (Å²) < 4.78 is 5.15. The van der Waals surface area contributed by atoms with E-state index in [1.165, 1.54) is 25.3 Å². The first-order valence-electron chi connectivity index (χ1n) is 6.81. The lowest BCUT2D eigenvalue weighted by molar-refractivity contribution is -0.384. The van der Waals surface area contributed by atoms with Crippen LogP contribution in [0.3, 0.4) is 0 Å². The van der Waals surface area contributed by atoms with Gasteiger partial charge in [-0.05, 0) is 19.9 Å². The number of methoxy groups -OCH3 is 1. The molecule has 1 amide bonds. The quantitative estimate of drug-likeness (QED) is 0.673. The molecule has 2 atom stereocenters. The van der Waals surface area contributed by atoms with Gasteiger partial charge in [0.15, 0.2) is 0 Å². The molecule has 1 saturated heterocycles. The summed E-state index contributed by atoms with van der Waals surface area (Å²) in [5.41, 5.74) is 0.258. The zero-order chi connectivity index (χ0) is 15.6. The van der Waals surface area contributed by atoms with E-state index in [9.17, 15) is 14.9 Å². The van der Waals surface area contributed by atoms with Crippen molar-refractivity contribution in [3.63, 3.8) is 0 Å². The van der Waals surface area contributed by atoms with Crippen LogP contribution in [-0.2, 0) is 0 Å². The predicted octanol–water partition coefficient (Wildman–Crippen LogP) is 1.43. The first-order chi connectivity index (χ1) is 9.95. The lowest BCUT2D eigenvalue weighted by Crippen LogP contribution is -2.57. The lowest BCUT2D eigenvalue weighted by atomic mass is 10.1. The van der Waals surface area contributed by atoms with E-state index in [1.54, 1.807) is 4.90 Å². The van der Waals surface area contributed by atoms with E-state index in [-0.39, 0.29) is 29.4 Å². The number of non-ortho nitro benzene ring substituents is 1. The van der Waals surface area contributed by atoms with Gasteiger partial charge in [0.1, 0.15) is 5.75 Å². The van der Waals surface area contributed by atoms with Crippen LogP contribution in [0.2, 0.25) is 0 Å². The number of nitrogens with one attached hydrogen (secondary N) is 1. The number of nitro benzene ring substituents is 1. The van der Waals surface area contributed by atoms with Crippen molar-refractivity contribution in [1.29, 1.82) is 0 Å². The molecule has 2 unspecified atom stereocenters. The van der Waals surface area contributed by atoms with Crippen LogP contribution in [0, 0.1) is 10.1 Å². The normalized spacial score (nSPS) is 22.0. The van der Waals surface area contributed by atoms with Crippen molar-refractivity contribution >= 4 is 11.6 Å². The Bertz CT molecular complexity index is 551. The molecule has 1 N–H and O–H groups in total. The Kier molecular flexibility index (Phi) is 4.42. The summed E-state index contributed by atoms with van der Waals surface area (Å²) >= 11 is 0. The third-order valence-electron chi connectivity index (χ3n) is 3.69. The molecular formula is C14H19N3O4. The molecule has 1 aliphatic rings. The van der Waals surface area contributed by atoms with E-state index >= 15 is 0 Å². The topological polar surface area (TPSA) is 84.7 Å². The van der Waals surface area contributed by atoms with Crippen molar-refractivity contribution in [2.75, 3.05) is 20.2 Å². The van der Waals surface area contributed by atoms with Crippen LogP contribution in [-0.4, -0.2) is 48.0 Å². The second-order valence-electron chi connectivity index (χ2n) is 5.21. The number of hydrogen-bond acceptors (Lipinski definition) is 5. The molecule has 0 radical (unpaired) electrons. The Morgan fingerprint density at radius 3 is 2.52 bits per heavy atom. The first-order valence-corrected chi connectivity index (χ1v) is 6.81. The fraction of sp³-hybridized carbons (Fsp3) is 0.500. The number of nitrogens with zero attached hydrogens (tertiary/aromatic N) is 2. The number of carbonyl (C=O) groups is 1. The highest BCUT2D eigenvalue weighted by Crippen LogP contribution is 2.27. The van der Waals surface area contributed by atoms with Crippen molar-refractivity contribution < 1.29 is 14.5 Å². The molecule has 0 bridgehead atoms. The average Bonchev–Trinajstić information content (AvgIpc) is 2.46. The summed E-state index contributed by atoms with van der Waals surface area (Å²) in [7, 11) is 1.40. The number of amides is 1. The van der Waals surface area contributed by atoms with Crippen molar-refractivity contribution in [3.8, 4) is 5.75 Å². The van der Waals surface area contributed by atoms with Gasteiger partial charge in [-0.15, -0.1) is 0 Å². The lowest BCUT2D eigenvalue weighted by Gasteiger charge is -2.39.